The Morgan fingerprint density at radius 3 is 2.77 bits per heavy atom. The van der Waals surface area contributed by atoms with Crippen LogP contribution >= 0.6 is 0 Å². The first kappa shape index (κ1) is 9.47. The fourth-order valence-electron chi connectivity index (χ4n) is 0.592. The van der Waals surface area contributed by atoms with Crippen LogP contribution in [0.15, 0.2) is 4.42 Å². The van der Waals surface area contributed by atoms with Crippen molar-refractivity contribution in [3.8, 4) is 6.07 Å². The highest BCUT2D eigenvalue weighted by molar-refractivity contribution is 7.92. The lowest BCUT2D eigenvalue weighted by atomic mass is 10.8. The van der Waals surface area contributed by atoms with Crippen LogP contribution < -0.4 is 4.72 Å². The van der Waals surface area contributed by atoms with Crippen molar-refractivity contribution in [3.05, 3.63) is 5.89 Å². The molecule has 1 aromatic rings. The van der Waals surface area contributed by atoms with Gasteiger partial charge in [0.2, 0.25) is 15.9 Å². The predicted octanol–water partition coefficient (Wildman–Crippen LogP) is -0.357. The molecule has 13 heavy (non-hydrogen) atoms. The van der Waals surface area contributed by atoms with E-state index in [1.807, 2.05) is 4.72 Å². The second kappa shape index (κ2) is 3.40. The summed E-state index contributed by atoms with van der Waals surface area (Å²) in [6.07, 6.45) is 0. The van der Waals surface area contributed by atoms with Crippen molar-refractivity contribution in [3.63, 3.8) is 0 Å². The lowest BCUT2D eigenvalue weighted by Gasteiger charge is -1.96. The molecular weight excluding hydrogens is 196 g/mol. The fourth-order valence-corrected chi connectivity index (χ4v) is 1.18. The van der Waals surface area contributed by atoms with Crippen molar-refractivity contribution >= 4 is 16.0 Å². The maximum atomic E-state index is 10.9. The number of hydrogen-bond donors (Lipinski definition) is 1. The summed E-state index contributed by atoms with van der Waals surface area (Å²) in [5.41, 5.74) is 0. The van der Waals surface area contributed by atoms with Gasteiger partial charge in [-0.2, -0.15) is 5.26 Å². The number of sulfonamides is 1. The van der Waals surface area contributed by atoms with Crippen LogP contribution in [0, 0.1) is 18.3 Å². The lowest BCUT2D eigenvalue weighted by molar-refractivity contribution is 0.534. The molecule has 1 rings (SSSR count). The summed E-state index contributed by atoms with van der Waals surface area (Å²) in [6.45, 7) is 1.52. The van der Waals surface area contributed by atoms with E-state index in [4.69, 9.17) is 9.68 Å². The SMILES string of the molecule is Cc1nnc(NS(=O)(=O)CC#N)o1. The summed E-state index contributed by atoms with van der Waals surface area (Å²) in [7, 11) is -3.68. The van der Waals surface area contributed by atoms with E-state index in [2.05, 4.69) is 10.2 Å². The van der Waals surface area contributed by atoms with Gasteiger partial charge in [0.25, 0.3) is 0 Å². The molecule has 1 N–H and O–H groups in total. The molecule has 0 aliphatic carbocycles. The van der Waals surface area contributed by atoms with Crippen molar-refractivity contribution in [2.75, 3.05) is 10.5 Å². The predicted molar refractivity (Wildman–Crippen MR) is 42.1 cm³/mol. The molecular formula is C5H6N4O3S. The molecule has 0 aliphatic heterocycles. The Morgan fingerprint density at radius 2 is 2.31 bits per heavy atom. The topological polar surface area (TPSA) is 109 Å². The molecule has 7 nitrogen and oxygen atoms in total. The first-order valence-corrected chi connectivity index (χ1v) is 4.86. The van der Waals surface area contributed by atoms with Crippen LogP contribution in [0.4, 0.5) is 6.01 Å². The molecule has 0 bridgehead atoms. The minimum Gasteiger partial charge on any atom is -0.408 e. The largest absolute Gasteiger partial charge is 0.408 e. The number of nitriles is 1. The zero-order valence-electron chi connectivity index (χ0n) is 6.68. The van der Waals surface area contributed by atoms with Crippen molar-refractivity contribution in [1.29, 1.82) is 5.26 Å². The third-order valence-corrected chi connectivity index (χ3v) is 2.02. The Hall–Kier alpha value is -1.62. The molecule has 0 atom stereocenters. The molecule has 0 spiro atoms. The summed E-state index contributed by atoms with van der Waals surface area (Å²) in [5.74, 6) is -0.399. The van der Waals surface area contributed by atoms with Crippen molar-refractivity contribution in [2.24, 2.45) is 0 Å². The van der Waals surface area contributed by atoms with E-state index in [0.29, 0.717) is 0 Å². The Kier molecular flexibility index (Phi) is 2.48. The fraction of sp³-hybridized carbons (Fsp3) is 0.400. The van der Waals surface area contributed by atoms with Gasteiger partial charge in [0, 0.05) is 6.92 Å². The molecule has 0 amide bonds. The molecule has 70 valence electrons. The normalized spacial score (nSPS) is 10.8. The van der Waals surface area contributed by atoms with E-state index in [9.17, 15) is 8.42 Å². The maximum absolute atomic E-state index is 10.9. The number of aryl methyl sites for hydroxylation is 1. The monoisotopic (exact) mass is 202 g/mol. The molecule has 0 unspecified atom stereocenters. The highest BCUT2D eigenvalue weighted by atomic mass is 32.2. The molecule has 0 aliphatic rings. The molecule has 0 saturated carbocycles. The quantitative estimate of drug-likeness (QED) is 0.717. The van der Waals surface area contributed by atoms with Gasteiger partial charge in [-0.1, -0.05) is 5.10 Å². The highest BCUT2D eigenvalue weighted by Gasteiger charge is 2.13. The van der Waals surface area contributed by atoms with E-state index in [1.165, 1.54) is 13.0 Å². The number of anilines is 1. The Morgan fingerprint density at radius 1 is 1.62 bits per heavy atom. The zero-order valence-corrected chi connectivity index (χ0v) is 7.50. The third-order valence-electron chi connectivity index (χ3n) is 1.02. The summed E-state index contributed by atoms with van der Waals surface area (Å²) in [4.78, 5) is 0. The number of rotatable bonds is 3. The summed E-state index contributed by atoms with van der Waals surface area (Å²) >= 11 is 0. The molecule has 8 heteroatoms. The highest BCUT2D eigenvalue weighted by Crippen LogP contribution is 2.05. The van der Waals surface area contributed by atoms with Gasteiger partial charge in [0.1, 0.15) is 0 Å². The average molecular weight is 202 g/mol. The van der Waals surface area contributed by atoms with Gasteiger partial charge in [-0.3, -0.25) is 0 Å². The van der Waals surface area contributed by atoms with Gasteiger partial charge in [0.05, 0.1) is 6.07 Å². The summed E-state index contributed by atoms with van der Waals surface area (Å²) in [6, 6.07) is 1.27. The van der Waals surface area contributed by atoms with Gasteiger partial charge < -0.3 is 4.42 Å². The van der Waals surface area contributed by atoms with E-state index in [0.717, 1.165) is 0 Å². The van der Waals surface area contributed by atoms with Crippen LogP contribution in [0.5, 0.6) is 0 Å². The second-order valence-corrected chi connectivity index (χ2v) is 3.87. The number of aromatic nitrogens is 2. The molecule has 0 aromatic carbocycles. The van der Waals surface area contributed by atoms with Gasteiger partial charge in [-0.15, -0.1) is 5.10 Å². The van der Waals surface area contributed by atoms with Crippen LogP contribution in [-0.4, -0.2) is 24.4 Å². The number of nitrogens with zero attached hydrogens (tertiary/aromatic N) is 3. The lowest BCUT2D eigenvalue weighted by Crippen LogP contribution is -2.15. The Bertz CT molecular complexity index is 429. The van der Waals surface area contributed by atoms with Crippen LogP contribution in [0.1, 0.15) is 5.89 Å². The van der Waals surface area contributed by atoms with Gasteiger partial charge in [-0.25, -0.2) is 13.1 Å². The van der Waals surface area contributed by atoms with Gasteiger partial charge in [-0.05, 0) is 0 Å². The minimum absolute atomic E-state index is 0.229. The Labute approximate surface area is 74.4 Å². The van der Waals surface area contributed by atoms with Crippen molar-refractivity contribution in [2.45, 2.75) is 6.92 Å². The Balaban J connectivity index is 2.76. The van der Waals surface area contributed by atoms with Crippen molar-refractivity contribution in [1.82, 2.24) is 10.2 Å². The first-order chi connectivity index (χ1) is 6.03. The molecule has 0 radical (unpaired) electrons. The van der Waals surface area contributed by atoms with Gasteiger partial charge in [0.15, 0.2) is 5.75 Å². The van der Waals surface area contributed by atoms with Gasteiger partial charge >= 0.3 is 6.01 Å². The molecule has 1 aromatic heterocycles. The smallest absolute Gasteiger partial charge is 0.329 e. The van der Waals surface area contributed by atoms with E-state index < -0.39 is 15.8 Å². The third kappa shape index (κ3) is 2.72. The standard InChI is InChI=1S/C5H6N4O3S/c1-4-7-8-5(12-4)9-13(10,11)3-2-6/h3H2,1H3,(H,8,9). The molecule has 0 saturated heterocycles. The van der Waals surface area contributed by atoms with E-state index >= 15 is 0 Å². The second-order valence-electron chi connectivity index (χ2n) is 2.15. The zero-order chi connectivity index (χ0) is 9.90. The van der Waals surface area contributed by atoms with E-state index in [-0.39, 0.29) is 11.9 Å². The van der Waals surface area contributed by atoms with Crippen LogP contribution in [0.2, 0.25) is 0 Å². The minimum atomic E-state index is -3.68. The summed E-state index contributed by atoms with van der Waals surface area (Å²) in [5, 5.41) is 15.0. The average Bonchev–Trinajstić information content (AvgIpc) is 2.34. The van der Waals surface area contributed by atoms with Crippen LogP contribution in [0.3, 0.4) is 0 Å². The van der Waals surface area contributed by atoms with E-state index in [1.54, 1.807) is 0 Å². The molecule has 0 fully saturated rings. The van der Waals surface area contributed by atoms with Crippen LogP contribution in [0.25, 0.3) is 0 Å². The molecule has 1 heterocycles. The van der Waals surface area contributed by atoms with Crippen molar-refractivity contribution < 1.29 is 12.8 Å². The number of hydrogen-bond acceptors (Lipinski definition) is 6. The summed E-state index contributed by atoms with van der Waals surface area (Å²) < 4.78 is 28.6. The maximum Gasteiger partial charge on any atom is 0.329 e. The number of nitrogens with one attached hydrogen (secondary N) is 1. The van der Waals surface area contributed by atoms with Crippen LogP contribution in [-0.2, 0) is 10.0 Å². The first-order valence-electron chi connectivity index (χ1n) is 3.21.